The molecular formula is C20H24N6O. The first kappa shape index (κ1) is 17.6. The summed E-state index contributed by atoms with van der Waals surface area (Å²) in [4.78, 5) is 7.27. The quantitative estimate of drug-likeness (QED) is 0.772. The van der Waals surface area contributed by atoms with Crippen molar-refractivity contribution in [3.63, 3.8) is 0 Å². The van der Waals surface area contributed by atoms with Gasteiger partial charge in [0, 0.05) is 30.4 Å². The summed E-state index contributed by atoms with van der Waals surface area (Å²) in [5.74, 6) is 1.67. The van der Waals surface area contributed by atoms with Crippen molar-refractivity contribution in [2.45, 2.75) is 39.2 Å². The molecule has 7 nitrogen and oxygen atoms in total. The number of morpholine rings is 1. The first-order chi connectivity index (χ1) is 12.9. The van der Waals surface area contributed by atoms with E-state index in [0.29, 0.717) is 13.2 Å². The number of nitriles is 1. The van der Waals surface area contributed by atoms with Gasteiger partial charge in [0.05, 0.1) is 30.7 Å². The van der Waals surface area contributed by atoms with Gasteiger partial charge in [0.1, 0.15) is 11.5 Å². The molecule has 1 unspecified atom stereocenters. The van der Waals surface area contributed by atoms with Crippen molar-refractivity contribution in [2.75, 3.05) is 24.7 Å². The van der Waals surface area contributed by atoms with Crippen molar-refractivity contribution in [3.05, 3.63) is 35.7 Å². The van der Waals surface area contributed by atoms with Gasteiger partial charge in [0.15, 0.2) is 5.82 Å². The molecule has 1 aliphatic heterocycles. The number of hydrogen-bond acceptors (Lipinski definition) is 5. The van der Waals surface area contributed by atoms with Gasteiger partial charge in [-0.3, -0.25) is 9.67 Å². The highest BCUT2D eigenvalue weighted by Gasteiger charge is 2.29. The molecule has 0 radical (unpaired) electrons. The molecule has 1 aliphatic rings. The van der Waals surface area contributed by atoms with Crippen molar-refractivity contribution in [1.29, 1.82) is 5.26 Å². The number of hydrogen-bond donors (Lipinski definition) is 1. The van der Waals surface area contributed by atoms with E-state index < -0.39 is 5.41 Å². The molecule has 27 heavy (non-hydrogen) atoms. The van der Waals surface area contributed by atoms with Crippen molar-refractivity contribution >= 4 is 16.9 Å². The van der Waals surface area contributed by atoms with Crippen molar-refractivity contribution in [3.8, 4) is 11.9 Å². The Bertz CT molecular complexity index is 1010. The summed E-state index contributed by atoms with van der Waals surface area (Å²) in [6, 6.07) is 6.69. The Morgan fingerprint density at radius 2 is 2.19 bits per heavy atom. The number of nitrogens with zero attached hydrogens (tertiary/aromatic N) is 5. The molecule has 0 saturated carbocycles. The van der Waals surface area contributed by atoms with Gasteiger partial charge in [0.25, 0.3) is 0 Å². The van der Waals surface area contributed by atoms with Crippen LogP contribution in [0.5, 0.6) is 0 Å². The summed E-state index contributed by atoms with van der Waals surface area (Å²) in [7, 11) is 0. The van der Waals surface area contributed by atoms with Gasteiger partial charge in [-0.1, -0.05) is 0 Å². The highest BCUT2D eigenvalue weighted by atomic mass is 16.5. The van der Waals surface area contributed by atoms with E-state index >= 15 is 0 Å². The number of anilines is 1. The van der Waals surface area contributed by atoms with Crippen LogP contribution in [0, 0.1) is 18.3 Å². The third-order valence-corrected chi connectivity index (χ3v) is 5.28. The average Bonchev–Trinajstić information content (AvgIpc) is 3.29. The van der Waals surface area contributed by atoms with Crippen LogP contribution in [0.15, 0.2) is 24.5 Å². The van der Waals surface area contributed by atoms with E-state index in [0.717, 1.165) is 40.3 Å². The molecule has 3 aromatic rings. The predicted molar refractivity (Wildman–Crippen MR) is 104 cm³/mol. The molecule has 0 aromatic carbocycles. The number of aryl methyl sites for hydroxylation is 1. The smallest absolute Gasteiger partial charge is 0.160 e. The number of ether oxygens (including phenoxy) is 1. The van der Waals surface area contributed by atoms with E-state index in [9.17, 15) is 5.26 Å². The normalized spacial score (nSPS) is 18.0. The van der Waals surface area contributed by atoms with Gasteiger partial charge < -0.3 is 9.64 Å². The molecular weight excluding hydrogens is 340 g/mol. The molecule has 1 saturated heterocycles. The van der Waals surface area contributed by atoms with Crippen LogP contribution in [-0.2, 0) is 10.2 Å². The minimum Gasteiger partial charge on any atom is -0.377 e. The molecule has 1 fully saturated rings. The molecule has 7 heteroatoms. The molecule has 3 aromatic heterocycles. The monoisotopic (exact) mass is 364 g/mol. The second-order valence-electron chi connectivity index (χ2n) is 7.70. The number of fused-ring (bicyclic) bond motifs is 1. The summed E-state index contributed by atoms with van der Waals surface area (Å²) in [6.07, 6.45) is 3.84. The fourth-order valence-corrected chi connectivity index (χ4v) is 3.73. The number of nitrogens with one attached hydrogen (secondary N) is 1. The number of aromatic amines is 1. The summed E-state index contributed by atoms with van der Waals surface area (Å²) in [5.41, 5.74) is 2.28. The molecule has 4 rings (SSSR count). The Morgan fingerprint density at radius 1 is 1.37 bits per heavy atom. The Labute approximate surface area is 158 Å². The topological polar surface area (TPSA) is 82.8 Å². The number of H-pyrrole nitrogens is 1. The molecule has 140 valence electrons. The highest BCUT2D eigenvalue weighted by Crippen LogP contribution is 2.36. The standard InChI is InChI=1S/C20H24N6O/c1-13-10-26(16-5-6-22-24-16)19-18(13)15(20(3,4)12-21)9-17(23-19)25-7-8-27-11-14(25)2/h5-6,9-10,14H,7-8,11H2,1-4H3,(H,22,24). The van der Waals surface area contributed by atoms with Crippen LogP contribution in [0.25, 0.3) is 16.9 Å². The SMILES string of the molecule is Cc1cn(-c2cc[nH]n2)c2nc(N3CCOCC3C)cc(C(C)(C)C#N)c12. The number of aromatic nitrogens is 4. The Kier molecular flexibility index (Phi) is 4.16. The van der Waals surface area contributed by atoms with Crippen molar-refractivity contribution in [2.24, 2.45) is 0 Å². The van der Waals surface area contributed by atoms with E-state index in [-0.39, 0.29) is 6.04 Å². The number of rotatable bonds is 3. The Hall–Kier alpha value is -2.85. The summed E-state index contributed by atoms with van der Waals surface area (Å²) in [5, 5.41) is 18.0. The first-order valence-corrected chi connectivity index (χ1v) is 9.21. The lowest BCUT2D eigenvalue weighted by atomic mass is 9.84. The van der Waals surface area contributed by atoms with Crippen LogP contribution in [0.1, 0.15) is 31.9 Å². The molecule has 0 aliphatic carbocycles. The molecule has 4 heterocycles. The Morgan fingerprint density at radius 3 is 2.85 bits per heavy atom. The zero-order chi connectivity index (χ0) is 19.2. The minimum absolute atomic E-state index is 0.233. The van der Waals surface area contributed by atoms with Gasteiger partial charge in [-0.15, -0.1) is 0 Å². The van der Waals surface area contributed by atoms with Crippen LogP contribution in [-0.4, -0.2) is 45.5 Å². The largest absolute Gasteiger partial charge is 0.377 e. The van der Waals surface area contributed by atoms with Gasteiger partial charge >= 0.3 is 0 Å². The lowest BCUT2D eigenvalue weighted by Crippen LogP contribution is -2.44. The third kappa shape index (κ3) is 2.86. The van der Waals surface area contributed by atoms with Crippen LogP contribution in [0.3, 0.4) is 0 Å². The van der Waals surface area contributed by atoms with E-state index in [1.807, 2.05) is 30.7 Å². The minimum atomic E-state index is -0.631. The lowest BCUT2D eigenvalue weighted by Gasteiger charge is -2.35. The maximum Gasteiger partial charge on any atom is 0.160 e. The van der Waals surface area contributed by atoms with E-state index in [2.05, 4.69) is 41.1 Å². The molecule has 1 atom stereocenters. The fourth-order valence-electron chi connectivity index (χ4n) is 3.73. The first-order valence-electron chi connectivity index (χ1n) is 9.21. The van der Waals surface area contributed by atoms with Gasteiger partial charge in [-0.25, -0.2) is 4.98 Å². The molecule has 1 N–H and O–H groups in total. The molecule has 0 amide bonds. The van der Waals surface area contributed by atoms with Crippen molar-refractivity contribution < 1.29 is 4.74 Å². The Balaban J connectivity index is 2.01. The van der Waals surface area contributed by atoms with Crippen LogP contribution in [0.2, 0.25) is 0 Å². The second-order valence-corrected chi connectivity index (χ2v) is 7.70. The predicted octanol–water partition coefficient (Wildman–Crippen LogP) is 3.08. The van der Waals surface area contributed by atoms with Crippen LogP contribution >= 0.6 is 0 Å². The third-order valence-electron chi connectivity index (χ3n) is 5.28. The summed E-state index contributed by atoms with van der Waals surface area (Å²) >= 11 is 0. The van der Waals surface area contributed by atoms with Gasteiger partial charge in [0.2, 0.25) is 0 Å². The zero-order valence-corrected chi connectivity index (χ0v) is 16.2. The van der Waals surface area contributed by atoms with E-state index in [1.165, 1.54) is 0 Å². The maximum absolute atomic E-state index is 9.81. The van der Waals surface area contributed by atoms with Crippen LogP contribution in [0.4, 0.5) is 5.82 Å². The van der Waals surface area contributed by atoms with Crippen molar-refractivity contribution in [1.82, 2.24) is 19.7 Å². The zero-order valence-electron chi connectivity index (χ0n) is 16.2. The van der Waals surface area contributed by atoms with Crippen LogP contribution < -0.4 is 4.90 Å². The van der Waals surface area contributed by atoms with Gasteiger partial charge in [-0.2, -0.15) is 10.4 Å². The lowest BCUT2D eigenvalue weighted by molar-refractivity contribution is 0.0985. The fraction of sp³-hybridized carbons (Fsp3) is 0.450. The summed E-state index contributed by atoms with van der Waals surface area (Å²) < 4.78 is 7.58. The maximum atomic E-state index is 9.81. The highest BCUT2D eigenvalue weighted by molar-refractivity contribution is 5.88. The second kappa shape index (κ2) is 6.39. The van der Waals surface area contributed by atoms with Gasteiger partial charge in [-0.05, 0) is 44.9 Å². The average molecular weight is 364 g/mol. The van der Waals surface area contributed by atoms with E-state index in [1.54, 1.807) is 6.20 Å². The molecule has 0 spiro atoms. The molecule has 0 bridgehead atoms. The van der Waals surface area contributed by atoms with E-state index in [4.69, 9.17) is 9.72 Å². The number of pyridine rings is 1. The summed E-state index contributed by atoms with van der Waals surface area (Å²) in [6.45, 7) is 10.3.